The van der Waals surface area contributed by atoms with Crippen LogP contribution in [0.5, 0.6) is 11.5 Å². The maximum Gasteiger partial charge on any atom is 0.124 e. The van der Waals surface area contributed by atoms with Crippen molar-refractivity contribution in [1.82, 2.24) is 5.32 Å². The maximum absolute atomic E-state index is 5.82. The van der Waals surface area contributed by atoms with E-state index in [0.29, 0.717) is 13.2 Å². The van der Waals surface area contributed by atoms with Crippen LogP contribution in [-0.4, -0.2) is 34.0 Å². The summed E-state index contributed by atoms with van der Waals surface area (Å²) in [6.07, 6.45) is 3.86. The van der Waals surface area contributed by atoms with Gasteiger partial charge in [-0.2, -0.15) is 0 Å². The van der Waals surface area contributed by atoms with E-state index in [2.05, 4.69) is 11.9 Å². The van der Waals surface area contributed by atoms with Crippen molar-refractivity contribution in [2.45, 2.75) is 19.4 Å². The molecule has 0 aliphatic carbocycles. The van der Waals surface area contributed by atoms with E-state index in [9.17, 15) is 0 Å². The normalized spacial score (nSPS) is 10.3. The number of ether oxygens (including phenoxy) is 3. The Morgan fingerprint density at radius 2 is 2.10 bits per heavy atom. The Morgan fingerprint density at radius 3 is 2.80 bits per heavy atom. The molecule has 112 valence electrons. The molecule has 0 heterocycles. The van der Waals surface area contributed by atoms with E-state index >= 15 is 0 Å². The van der Waals surface area contributed by atoms with Crippen molar-refractivity contribution in [2.75, 3.05) is 34.0 Å². The van der Waals surface area contributed by atoms with Crippen LogP contribution >= 0.6 is 0 Å². The second kappa shape index (κ2) is 10.3. The molecule has 0 fully saturated rings. The molecule has 0 bridgehead atoms. The number of benzene rings is 1. The van der Waals surface area contributed by atoms with Gasteiger partial charge in [0, 0.05) is 25.8 Å². The highest BCUT2D eigenvalue weighted by Crippen LogP contribution is 2.24. The molecule has 0 saturated carbocycles. The van der Waals surface area contributed by atoms with Crippen LogP contribution in [0, 0.1) is 0 Å². The highest BCUT2D eigenvalue weighted by molar-refractivity contribution is 5.40. The number of rotatable bonds is 11. The van der Waals surface area contributed by atoms with Crippen LogP contribution < -0.4 is 14.8 Å². The van der Waals surface area contributed by atoms with Gasteiger partial charge in [0.1, 0.15) is 11.5 Å². The van der Waals surface area contributed by atoms with E-state index < -0.39 is 0 Å². The third-order valence-electron chi connectivity index (χ3n) is 2.88. The molecule has 0 amide bonds. The third-order valence-corrected chi connectivity index (χ3v) is 2.88. The predicted molar refractivity (Wildman–Crippen MR) is 81.5 cm³/mol. The summed E-state index contributed by atoms with van der Waals surface area (Å²) in [5.41, 5.74) is 1.10. The lowest BCUT2D eigenvalue weighted by molar-refractivity contribution is 0.199. The average Bonchev–Trinajstić information content (AvgIpc) is 2.49. The topological polar surface area (TPSA) is 39.7 Å². The van der Waals surface area contributed by atoms with Crippen LogP contribution in [0.3, 0.4) is 0 Å². The van der Waals surface area contributed by atoms with Crippen molar-refractivity contribution in [1.29, 1.82) is 0 Å². The summed E-state index contributed by atoms with van der Waals surface area (Å²) in [4.78, 5) is 0. The first-order valence-electron chi connectivity index (χ1n) is 6.92. The standard InChI is InChI=1S/C16H25NO3/c1-4-5-6-10-20-16-8-7-15(19-3)12-14(16)13-17-9-11-18-2/h4,7-8,12,17H,1,5-6,9-11,13H2,2-3H3. The molecule has 1 rings (SSSR count). The Morgan fingerprint density at radius 1 is 1.25 bits per heavy atom. The lowest BCUT2D eigenvalue weighted by Gasteiger charge is -2.13. The zero-order chi connectivity index (χ0) is 14.6. The van der Waals surface area contributed by atoms with Crippen molar-refractivity contribution in [3.8, 4) is 11.5 Å². The van der Waals surface area contributed by atoms with Crippen LogP contribution in [-0.2, 0) is 11.3 Å². The highest BCUT2D eigenvalue weighted by Gasteiger charge is 2.05. The van der Waals surface area contributed by atoms with Gasteiger partial charge in [-0.3, -0.25) is 0 Å². The van der Waals surface area contributed by atoms with Crippen LogP contribution in [0.2, 0.25) is 0 Å². The Hall–Kier alpha value is -1.52. The highest BCUT2D eigenvalue weighted by atomic mass is 16.5. The minimum absolute atomic E-state index is 0.694. The quantitative estimate of drug-likeness (QED) is 0.499. The molecule has 1 N–H and O–H groups in total. The van der Waals surface area contributed by atoms with Crippen LogP contribution in [0.4, 0.5) is 0 Å². The molecule has 0 radical (unpaired) electrons. The molecule has 0 aliphatic heterocycles. The van der Waals surface area contributed by atoms with Gasteiger partial charge in [-0.05, 0) is 31.0 Å². The molecular formula is C16H25NO3. The molecule has 0 aliphatic rings. The van der Waals surface area contributed by atoms with Gasteiger partial charge < -0.3 is 19.5 Å². The van der Waals surface area contributed by atoms with Crippen LogP contribution in [0.25, 0.3) is 0 Å². The Kier molecular flexibility index (Phi) is 8.51. The first-order valence-corrected chi connectivity index (χ1v) is 6.92. The van der Waals surface area contributed by atoms with Crippen LogP contribution in [0.15, 0.2) is 30.9 Å². The van der Waals surface area contributed by atoms with Crippen molar-refractivity contribution >= 4 is 0 Å². The molecule has 0 saturated heterocycles. The molecule has 0 unspecified atom stereocenters. The number of hydrogen-bond acceptors (Lipinski definition) is 4. The van der Waals surface area contributed by atoms with Gasteiger partial charge >= 0.3 is 0 Å². The second-order valence-corrected chi connectivity index (χ2v) is 4.42. The van der Waals surface area contributed by atoms with Gasteiger partial charge in [-0.1, -0.05) is 6.08 Å². The molecule has 0 spiro atoms. The average molecular weight is 279 g/mol. The van der Waals surface area contributed by atoms with Crippen molar-refractivity contribution in [3.63, 3.8) is 0 Å². The SMILES string of the molecule is C=CCCCOc1ccc(OC)cc1CNCCOC. The maximum atomic E-state index is 5.82. The van der Waals surface area contributed by atoms with E-state index in [-0.39, 0.29) is 0 Å². The first-order chi connectivity index (χ1) is 9.81. The monoisotopic (exact) mass is 279 g/mol. The Balaban J connectivity index is 2.58. The molecule has 0 aromatic heterocycles. The number of allylic oxidation sites excluding steroid dienone is 1. The Labute approximate surface area is 121 Å². The molecule has 0 atom stereocenters. The zero-order valence-electron chi connectivity index (χ0n) is 12.5. The number of unbranched alkanes of at least 4 members (excludes halogenated alkanes) is 1. The van der Waals surface area contributed by atoms with E-state index in [1.54, 1.807) is 14.2 Å². The van der Waals surface area contributed by atoms with Crippen LogP contribution in [0.1, 0.15) is 18.4 Å². The largest absolute Gasteiger partial charge is 0.497 e. The van der Waals surface area contributed by atoms with Crippen molar-refractivity contribution < 1.29 is 14.2 Å². The fourth-order valence-electron chi connectivity index (χ4n) is 1.77. The van der Waals surface area contributed by atoms with E-state index in [4.69, 9.17) is 14.2 Å². The summed E-state index contributed by atoms with van der Waals surface area (Å²) in [5, 5.41) is 3.32. The smallest absolute Gasteiger partial charge is 0.124 e. The van der Waals surface area contributed by atoms with Gasteiger partial charge in [-0.15, -0.1) is 6.58 Å². The molecule has 20 heavy (non-hydrogen) atoms. The van der Waals surface area contributed by atoms with E-state index in [0.717, 1.165) is 43.0 Å². The van der Waals surface area contributed by atoms with E-state index in [1.807, 2.05) is 24.3 Å². The third kappa shape index (κ3) is 6.08. The fraction of sp³-hybridized carbons (Fsp3) is 0.500. The van der Waals surface area contributed by atoms with Gasteiger partial charge in [-0.25, -0.2) is 0 Å². The lowest BCUT2D eigenvalue weighted by atomic mass is 10.2. The molecule has 4 heteroatoms. The minimum Gasteiger partial charge on any atom is -0.497 e. The molecule has 4 nitrogen and oxygen atoms in total. The zero-order valence-corrected chi connectivity index (χ0v) is 12.5. The lowest BCUT2D eigenvalue weighted by Crippen LogP contribution is -2.19. The summed E-state index contributed by atoms with van der Waals surface area (Å²) in [6, 6.07) is 5.88. The number of hydrogen-bond donors (Lipinski definition) is 1. The fourth-order valence-corrected chi connectivity index (χ4v) is 1.77. The van der Waals surface area contributed by atoms with Crippen molar-refractivity contribution in [3.05, 3.63) is 36.4 Å². The summed E-state index contributed by atoms with van der Waals surface area (Å²) in [5.74, 6) is 1.74. The van der Waals surface area contributed by atoms with E-state index in [1.165, 1.54) is 0 Å². The van der Waals surface area contributed by atoms with Gasteiger partial charge in [0.15, 0.2) is 0 Å². The summed E-state index contributed by atoms with van der Waals surface area (Å²) in [7, 11) is 3.36. The molecule has 1 aromatic rings. The summed E-state index contributed by atoms with van der Waals surface area (Å²) < 4.78 is 16.1. The number of methoxy groups -OCH3 is 2. The molecule has 1 aromatic carbocycles. The minimum atomic E-state index is 0.694. The Bertz CT molecular complexity index is 393. The van der Waals surface area contributed by atoms with Gasteiger partial charge in [0.05, 0.1) is 20.3 Å². The first kappa shape index (κ1) is 16.5. The van der Waals surface area contributed by atoms with Crippen molar-refractivity contribution in [2.24, 2.45) is 0 Å². The second-order valence-electron chi connectivity index (χ2n) is 4.42. The summed E-state index contributed by atoms with van der Waals surface area (Å²) >= 11 is 0. The van der Waals surface area contributed by atoms with Gasteiger partial charge in [0.2, 0.25) is 0 Å². The van der Waals surface area contributed by atoms with Gasteiger partial charge in [0.25, 0.3) is 0 Å². The molecular weight excluding hydrogens is 254 g/mol. The number of nitrogens with one attached hydrogen (secondary N) is 1. The predicted octanol–water partition coefficient (Wildman–Crippen LogP) is 2.78. The summed E-state index contributed by atoms with van der Waals surface area (Å²) in [6.45, 7) is 6.64.